The van der Waals surface area contributed by atoms with Gasteiger partial charge in [-0.2, -0.15) is 0 Å². The maximum atomic E-state index is 12.8. The molecule has 0 unspecified atom stereocenters. The van der Waals surface area contributed by atoms with E-state index >= 15 is 0 Å². The molecule has 1 heterocycles. The number of aryl methyl sites for hydroxylation is 1. The lowest BCUT2D eigenvalue weighted by molar-refractivity contribution is -0.141. The minimum Gasteiger partial charge on any atom is -0.350 e. The van der Waals surface area contributed by atoms with Crippen LogP contribution in [0.4, 0.5) is 0 Å². The first-order valence-corrected chi connectivity index (χ1v) is 8.30. The van der Waals surface area contributed by atoms with Gasteiger partial charge in [-0.1, -0.05) is 54.1 Å². The van der Waals surface area contributed by atoms with Crippen LogP contribution in [0.2, 0.25) is 0 Å². The standard InChI is InChI=1S/C20H22N2O2/c1-3-22-18(23)12-16-6-4-5-7-17(16)19(22)20(24)21-13-15-10-8-14(2)9-11-15/h4-11,19H,3,12-13H2,1-2H3,(H,21,24)/t19-/m1/s1. The van der Waals surface area contributed by atoms with Gasteiger partial charge >= 0.3 is 0 Å². The molecule has 2 aromatic rings. The number of nitrogens with one attached hydrogen (secondary N) is 1. The van der Waals surface area contributed by atoms with Gasteiger partial charge in [0, 0.05) is 13.1 Å². The summed E-state index contributed by atoms with van der Waals surface area (Å²) >= 11 is 0. The number of fused-ring (bicyclic) bond motifs is 1. The first-order valence-electron chi connectivity index (χ1n) is 8.30. The summed E-state index contributed by atoms with van der Waals surface area (Å²) < 4.78 is 0. The number of carbonyl (C=O) groups excluding carboxylic acids is 2. The van der Waals surface area contributed by atoms with Crippen molar-refractivity contribution in [3.05, 3.63) is 70.8 Å². The van der Waals surface area contributed by atoms with Gasteiger partial charge < -0.3 is 10.2 Å². The Morgan fingerprint density at radius 1 is 1.17 bits per heavy atom. The average molecular weight is 322 g/mol. The van der Waals surface area contributed by atoms with E-state index in [1.54, 1.807) is 4.90 Å². The highest BCUT2D eigenvalue weighted by molar-refractivity contribution is 5.92. The number of likely N-dealkylation sites (N-methyl/N-ethyl adjacent to an activating group) is 1. The van der Waals surface area contributed by atoms with Crippen molar-refractivity contribution in [3.63, 3.8) is 0 Å². The first-order chi connectivity index (χ1) is 11.6. The second-order valence-electron chi connectivity index (χ2n) is 6.16. The van der Waals surface area contributed by atoms with Gasteiger partial charge in [0.05, 0.1) is 6.42 Å². The van der Waals surface area contributed by atoms with E-state index in [2.05, 4.69) is 5.32 Å². The summed E-state index contributed by atoms with van der Waals surface area (Å²) in [5, 5.41) is 2.98. The van der Waals surface area contributed by atoms with Gasteiger partial charge in [0.25, 0.3) is 0 Å². The molecule has 0 saturated heterocycles. The Bertz CT molecular complexity index is 752. The zero-order valence-electron chi connectivity index (χ0n) is 14.1. The van der Waals surface area contributed by atoms with Crippen LogP contribution >= 0.6 is 0 Å². The largest absolute Gasteiger partial charge is 0.350 e. The predicted molar refractivity (Wildman–Crippen MR) is 93.3 cm³/mol. The van der Waals surface area contributed by atoms with Crippen LogP contribution in [0.1, 0.15) is 35.2 Å². The second-order valence-corrected chi connectivity index (χ2v) is 6.16. The summed E-state index contributed by atoms with van der Waals surface area (Å²) in [6.45, 7) is 4.93. The molecule has 0 saturated carbocycles. The Morgan fingerprint density at radius 3 is 2.58 bits per heavy atom. The third-order valence-corrected chi connectivity index (χ3v) is 4.50. The molecule has 3 rings (SSSR count). The third kappa shape index (κ3) is 3.18. The van der Waals surface area contributed by atoms with E-state index < -0.39 is 6.04 Å². The number of benzene rings is 2. The lowest BCUT2D eigenvalue weighted by Gasteiger charge is -2.35. The van der Waals surface area contributed by atoms with Crippen molar-refractivity contribution in [1.82, 2.24) is 10.2 Å². The average Bonchev–Trinajstić information content (AvgIpc) is 2.59. The first kappa shape index (κ1) is 16.2. The number of rotatable bonds is 4. The SMILES string of the molecule is CCN1C(=O)Cc2ccccc2[C@@H]1C(=O)NCc1ccc(C)cc1. The Labute approximate surface area is 142 Å². The molecule has 0 radical (unpaired) electrons. The van der Waals surface area contributed by atoms with Crippen molar-refractivity contribution in [2.45, 2.75) is 32.9 Å². The van der Waals surface area contributed by atoms with E-state index in [4.69, 9.17) is 0 Å². The highest BCUT2D eigenvalue weighted by atomic mass is 16.2. The Balaban J connectivity index is 1.81. The Morgan fingerprint density at radius 2 is 1.88 bits per heavy atom. The van der Waals surface area contributed by atoms with Crippen LogP contribution in [0.15, 0.2) is 48.5 Å². The molecule has 2 amide bonds. The smallest absolute Gasteiger partial charge is 0.247 e. The molecule has 4 nitrogen and oxygen atoms in total. The molecule has 1 N–H and O–H groups in total. The lowest BCUT2D eigenvalue weighted by atomic mass is 9.91. The minimum atomic E-state index is -0.544. The fraction of sp³-hybridized carbons (Fsp3) is 0.300. The zero-order valence-corrected chi connectivity index (χ0v) is 14.1. The summed E-state index contributed by atoms with van der Waals surface area (Å²) in [5.41, 5.74) is 4.12. The fourth-order valence-electron chi connectivity index (χ4n) is 3.17. The van der Waals surface area contributed by atoms with Crippen LogP contribution in [0, 0.1) is 6.92 Å². The van der Waals surface area contributed by atoms with Crippen LogP contribution in [0.5, 0.6) is 0 Å². The topological polar surface area (TPSA) is 49.4 Å². The van der Waals surface area contributed by atoms with E-state index in [1.165, 1.54) is 5.56 Å². The van der Waals surface area contributed by atoms with Crippen molar-refractivity contribution in [2.24, 2.45) is 0 Å². The van der Waals surface area contributed by atoms with E-state index in [9.17, 15) is 9.59 Å². The summed E-state index contributed by atoms with van der Waals surface area (Å²) in [7, 11) is 0. The quantitative estimate of drug-likeness (QED) is 0.941. The van der Waals surface area contributed by atoms with Crippen molar-refractivity contribution >= 4 is 11.8 Å². The number of amides is 2. The number of carbonyl (C=O) groups is 2. The van der Waals surface area contributed by atoms with Crippen LogP contribution < -0.4 is 5.32 Å². The molecular formula is C20H22N2O2. The van der Waals surface area contributed by atoms with Crippen LogP contribution in [-0.4, -0.2) is 23.3 Å². The minimum absolute atomic E-state index is 0.00619. The fourth-order valence-corrected chi connectivity index (χ4v) is 3.17. The third-order valence-electron chi connectivity index (χ3n) is 4.50. The molecular weight excluding hydrogens is 300 g/mol. The van der Waals surface area contributed by atoms with E-state index in [-0.39, 0.29) is 11.8 Å². The molecule has 0 aliphatic carbocycles. The van der Waals surface area contributed by atoms with Gasteiger partial charge in [-0.15, -0.1) is 0 Å². The number of hydrogen-bond acceptors (Lipinski definition) is 2. The summed E-state index contributed by atoms with van der Waals surface area (Å²) in [4.78, 5) is 26.8. The van der Waals surface area contributed by atoms with Crippen molar-refractivity contribution in [1.29, 1.82) is 0 Å². The molecule has 1 aliphatic rings. The summed E-state index contributed by atoms with van der Waals surface area (Å²) in [6, 6.07) is 15.2. The molecule has 0 bridgehead atoms. The van der Waals surface area contributed by atoms with Crippen molar-refractivity contribution in [2.75, 3.05) is 6.54 Å². The molecule has 1 aliphatic heterocycles. The van der Waals surface area contributed by atoms with Gasteiger partial charge in [-0.05, 0) is 30.5 Å². The van der Waals surface area contributed by atoms with Gasteiger partial charge in [0.1, 0.15) is 6.04 Å². The predicted octanol–water partition coefficient (Wildman–Crippen LogP) is 2.76. The van der Waals surface area contributed by atoms with Crippen molar-refractivity contribution in [3.8, 4) is 0 Å². The monoisotopic (exact) mass is 322 g/mol. The number of nitrogens with zero attached hydrogens (tertiary/aromatic N) is 1. The molecule has 1 atom stereocenters. The molecule has 4 heteroatoms. The highest BCUT2D eigenvalue weighted by Gasteiger charge is 2.35. The van der Waals surface area contributed by atoms with E-state index in [0.717, 1.165) is 16.7 Å². The molecule has 24 heavy (non-hydrogen) atoms. The molecule has 0 aromatic heterocycles. The maximum Gasteiger partial charge on any atom is 0.247 e. The zero-order chi connectivity index (χ0) is 17.1. The summed E-state index contributed by atoms with van der Waals surface area (Å²) in [5.74, 6) is -0.121. The van der Waals surface area contributed by atoms with Gasteiger partial charge in [0.15, 0.2) is 0 Å². The van der Waals surface area contributed by atoms with Crippen LogP contribution in [-0.2, 0) is 22.6 Å². The molecule has 2 aromatic carbocycles. The van der Waals surface area contributed by atoms with Gasteiger partial charge in [-0.3, -0.25) is 9.59 Å². The maximum absolute atomic E-state index is 12.8. The molecule has 0 fully saturated rings. The normalized spacial score (nSPS) is 16.7. The van der Waals surface area contributed by atoms with E-state index in [0.29, 0.717) is 19.5 Å². The molecule has 124 valence electrons. The molecule has 0 spiro atoms. The second kappa shape index (κ2) is 6.87. The highest BCUT2D eigenvalue weighted by Crippen LogP contribution is 2.30. The van der Waals surface area contributed by atoms with Gasteiger partial charge in [0.2, 0.25) is 11.8 Å². The van der Waals surface area contributed by atoms with Crippen molar-refractivity contribution < 1.29 is 9.59 Å². The Hall–Kier alpha value is -2.62. The lowest BCUT2D eigenvalue weighted by Crippen LogP contribution is -2.47. The number of hydrogen-bond donors (Lipinski definition) is 1. The van der Waals surface area contributed by atoms with Gasteiger partial charge in [-0.25, -0.2) is 0 Å². The Kier molecular flexibility index (Phi) is 4.65. The van der Waals surface area contributed by atoms with Crippen LogP contribution in [0.25, 0.3) is 0 Å². The van der Waals surface area contributed by atoms with Crippen LogP contribution in [0.3, 0.4) is 0 Å². The van der Waals surface area contributed by atoms with E-state index in [1.807, 2.05) is 62.4 Å². The summed E-state index contributed by atoms with van der Waals surface area (Å²) in [6.07, 6.45) is 0.367.